The number of carbonyl (C=O) groups excluding carboxylic acids is 1. The second-order valence-electron chi connectivity index (χ2n) is 5.28. The zero-order valence-electron chi connectivity index (χ0n) is 13.0. The molecule has 120 valence electrons. The summed E-state index contributed by atoms with van der Waals surface area (Å²) in [5, 5.41) is 13.9. The van der Waals surface area contributed by atoms with Crippen molar-refractivity contribution in [3.63, 3.8) is 0 Å². The third kappa shape index (κ3) is 3.50. The Morgan fingerprint density at radius 2 is 2.04 bits per heavy atom. The normalized spacial score (nSPS) is 13.5. The fraction of sp³-hybridized carbons (Fsp3) is 0.312. The minimum Gasteiger partial charge on any atom is -0.454 e. The van der Waals surface area contributed by atoms with Gasteiger partial charge in [0.2, 0.25) is 6.79 Å². The Labute approximate surface area is 134 Å². The van der Waals surface area contributed by atoms with Gasteiger partial charge in [0.15, 0.2) is 23.0 Å². The Hall–Kier alpha value is -2.83. The molecule has 2 heterocycles. The molecule has 3 rings (SSSR count). The van der Waals surface area contributed by atoms with Crippen LogP contribution in [-0.4, -0.2) is 28.9 Å². The molecule has 7 nitrogen and oxygen atoms in total. The molecule has 1 aliphatic heterocycles. The highest BCUT2D eigenvalue weighted by Gasteiger charge is 2.14. The maximum atomic E-state index is 11.9. The van der Waals surface area contributed by atoms with E-state index < -0.39 is 0 Å². The molecule has 1 aliphatic rings. The molecule has 1 atom stereocenters. The van der Waals surface area contributed by atoms with Crippen LogP contribution >= 0.6 is 0 Å². The van der Waals surface area contributed by atoms with Gasteiger partial charge in [-0.15, -0.1) is 10.2 Å². The van der Waals surface area contributed by atoms with Crippen molar-refractivity contribution in [1.82, 2.24) is 15.5 Å². The number of ether oxygens (including phenoxy) is 2. The lowest BCUT2D eigenvalue weighted by molar-refractivity contribution is 0.0933. The number of anilines is 2. The first kappa shape index (κ1) is 15.1. The van der Waals surface area contributed by atoms with Crippen LogP contribution in [0.5, 0.6) is 11.5 Å². The number of hydrogen-bond donors (Lipinski definition) is 2. The van der Waals surface area contributed by atoms with Crippen molar-refractivity contribution in [3.8, 4) is 11.5 Å². The van der Waals surface area contributed by atoms with Gasteiger partial charge in [0, 0.05) is 17.8 Å². The van der Waals surface area contributed by atoms with Gasteiger partial charge in [0.05, 0.1) is 0 Å². The standard InChI is InChI=1S/C16H18N4O3/c1-3-10(2)17-16(21)12-5-7-15(20-19-12)18-11-4-6-13-14(8-11)23-9-22-13/h4-8,10H,3,9H2,1-2H3,(H,17,21)(H,18,20). The first-order valence-corrected chi connectivity index (χ1v) is 7.47. The molecule has 2 N–H and O–H groups in total. The van der Waals surface area contributed by atoms with E-state index in [2.05, 4.69) is 20.8 Å². The van der Waals surface area contributed by atoms with Gasteiger partial charge in [-0.2, -0.15) is 0 Å². The topological polar surface area (TPSA) is 85.4 Å². The van der Waals surface area contributed by atoms with Crippen LogP contribution in [0.3, 0.4) is 0 Å². The van der Waals surface area contributed by atoms with Crippen molar-refractivity contribution in [3.05, 3.63) is 36.0 Å². The van der Waals surface area contributed by atoms with Crippen molar-refractivity contribution < 1.29 is 14.3 Å². The molecule has 1 aromatic carbocycles. The summed E-state index contributed by atoms with van der Waals surface area (Å²) in [6.07, 6.45) is 0.864. The van der Waals surface area contributed by atoms with Crippen molar-refractivity contribution in [2.75, 3.05) is 12.1 Å². The first-order chi connectivity index (χ1) is 11.2. The molecule has 0 radical (unpaired) electrons. The van der Waals surface area contributed by atoms with Gasteiger partial charge in [0.1, 0.15) is 0 Å². The molecule has 7 heteroatoms. The molecule has 0 bridgehead atoms. The van der Waals surface area contributed by atoms with E-state index in [1.807, 2.05) is 32.0 Å². The molecule has 1 aromatic heterocycles. The SMILES string of the molecule is CCC(C)NC(=O)c1ccc(Nc2ccc3c(c2)OCO3)nn1. The average Bonchev–Trinajstić information content (AvgIpc) is 3.03. The summed E-state index contributed by atoms with van der Waals surface area (Å²) >= 11 is 0. The summed E-state index contributed by atoms with van der Waals surface area (Å²) in [7, 11) is 0. The Kier molecular flexibility index (Phi) is 4.27. The predicted octanol–water partition coefficient (Wildman–Crippen LogP) is 2.48. The van der Waals surface area contributed by atoms with Crippen molar-refractivity contribution in [2.45, 2.75) is 26.3 Å². The molecule has 1 unspecified atom stereocenters. The van der Waals surface area contributed by atoms with Crippen molar-refractivity contribution in [2.24, 2.45) is 0 Å². The third-order valence-corrected chi connectivity index (χ3v) is 3.53. The molecule has 23 heavy (non-hydrogen) atoms. The Bertz CT molecular complexity index is 703. The smallest absolute Gasteiger partial charge is 0.272 e. The fourth-order valence-electron chi connectivity index (χ4n) is 2.04. The summed E-state index contributed by atoms with van der Waals surface area (Å²) in [6.45, 7) is 4.19. The van der Waals surface area contributed by atoms with E-state index in [-0.39, 0.29) is 18.7 Å². The van der Waals surface area contributed by atoms with Gasteiger partial charge in [0.25, 0.3) is 5.91 Å². The van der Waals surface area contributed by atoms with E-state index in [4.69, 9.17) is 9.47 Å². The zero-order valence-corrected chi connectivity index (χ0v) is 13.0. The lowest BCUT2D eigenvalue weighted by atomic mass is 10.2. The van der Waals surface area contributed by atoms with Gasteiger partial charge in [-0.3, -0.25) is 4.79 Å². The highest BCUT2D eigenvalue weighted by Crippen LogP contribution is 2.34. The lowest BCUT2D eigenvalue weighted by Gasteiger charge is -2.10. The van der Waals surface area contributed by atoms with E-state index in [1.165, 1.54) is 0 Å². The number of nitrogens with zero attached hydrogens (tertiary/aromatic N) is 2. The molecule has 2 aromatic rings. The van der Waals surface area contributed by atoms with E-state index in [1.54, 1.807) is 12.1 Å². The maximum Gasteiger partial charge on any atom is 0.272 e. The summed E-state index contributed by atoms with van der Waals surface area (Å²) in [4.78, 5) is 11.9. The number of nitrogens with one attached hydrogen (secondary N) is 2. The number of amides is 1. The molecule has 1 amide bonds. The number of fused-ring (bicyclic) bond motifs is 1. The van der Waals surface area contributed by atoms with E-state index in [0.717, 1.165) is 17.9 Å². The Balaban J connectivity index is 1.66. The van der Waals surface area contributed by atoms with E-state index >= 15 is 0 Å². The molecular weight excluding hydrogens is 296 g/mol. The molecule has 0 aliphatic carbocycles. The van der Waals surface area contributed by atoms with Gasteiger partial charge in [-0.05, 0) is 37.6 Å². The minimum absolute atomic E-state index is 0.107. The van der Waals surface area contributed by atoms with Crippen LogP contribution in [-0.2, 0) is 0 Å². The van der Waals surface area contributed by atoms with Crippen LogP contribution < -0.4 is 20.1 Å². The number of aromatic nitrogens is 2. The Morgan fingerprint density at radius 1 is 1.22 bits per heavy atom. The molecular formula is C16H18N4O3. The minimum atomic E-state index is -0.221. The Morgan fingerprint density at radius 3 is 2.78 bits per heavy atom. The zero-order chi connectivity index (χ0) is 16.2. The van der Waals surface area contributed by atoms with Crippen LogP contribution in [0.1, 0.15) is 30.8 Å². The maximum absolute atomic E-state index is 11.9. The first-order valence-electron chi connectivity index (χ1n) is 7.47. The largest absolute Gasteiger partial charge is 0.454 e. The summed E-state index contributed by atoms with van der Waals surface area (Å²) in [5.41, 5.74) is 1.10. The monoisotopic (exact) mass is 314 g/mol. The predicted molar refractivity (Wildman–Crippen MR) is 85.1 cm³/mol. The average molecular weight is 314 g/mol. The fourth-order valence-corrected chi connectivity index (χ4v) is 2.04. The van der Waals surface area contributed by atoms with E-state index in [0.29, 0.717) is 17.3 Å². The number of benzene rings is 1. The highest BCUT2D eigenvalue weighted by atomic mass is 16.7. The highest BCUT2D eigenvalue weighted by molar-refractivity contribution is 5.92. The van der Waals surface area contributed by atoms with Gasteiger partial charge >= 0.3 is 0 Å². The van der Waals surface area contributed by atoms with Crippen LogP contribution in [0.15, 0.2) is 30.3 Å². The van der Waals surface area contributed by atoms with E-state index in [9.17, 15) is 4.79 Å². The van der Waals surface area contributed by atoms with Crippen LogP contribution in [0.4, 0.5) is 11.5 Å². The molecule has 0 spiro atoms. The third-order valence-electron chi connectivity index (χ3n) is 3.53. The number of rotatable bonds is 5. The van der Waals surface area contributed by atoms with Gasteiger partial charge < -0.3 is 20.1 Å². The summed E-state index contributed by atoms with van der Waals surface area (Å²) in [6, 6.07) is 8.97. The second kappa shape index (κ2) is 6.51. The van der Waals surface area contributed by atoms with Gasteiger partial charge in [-0.1, -0.05) is 6.92 Å². The summed E-state index contributed by atoms with van der Waals surface area (Å²) in [5.74, 6) is 1.73. The number of carbonyl (C=O) groups is 1. The van der Waals surface area contributed by atoms with Crippen LogP contribution in [0.2, 0.25) is 0 Å². The molecule has 0 saturated carbocycles. The molecule has 0 fully saturated rings. The lowest BCUT2D eigenvalue weighted by Crippen LogP contribution is -2.32. The van der Waals surface area contributed by atoms with Crippen molar-refractivity contribution >= 4 is 17.4 Å². The van der Waals surface area contributed by atoms with Gasteiger partial charge in [-0.25, -0.2) is 0 Å². The number of hydrogen-bond acceptors (Lipinski definition) is 6. The quantitative estimate of drug-likeness (QED) is 0.882. The second-order valence-corrected chi connectivity index (χ2v) is 5.28. The summed E-state index contributed by atoms with van der Waals surface area (Å²) < 4.78 is 10.6. The van der Waals surface area contributed by atoms with Crippen molar-refractivity contribution in [1.29, 1.82) is 0 Å². The van der Waals surface area contributed by atoms with Crippen LogP contribution in [0, 0.1) is 0 Å². The molecule has 0 saturated heterocycles. The van der Waals surface area contributed by atoms with Crippen LogP contribution in [0.25, 0.3) is 0 Å².